The van der Waals surface area contributed by atoms with E-state index in [1.165, 1.54) is 0 Å². The first-order chi connectivity index (χ1) is 3.15. The van der Waals surface area contributed by atoms with E-state index in [-0.39, 0.29) is 0 Å². The van der Waals surface area contributed by atoms with Crippen molar-refractivity contribution in [2.45, 2.75) is 17.6 Å². The largest absolute Gasteiger partial charge is 0.480 e. The third-order valence-electron chi connectivity index (χ3n) is 1.09. The molecule has 1 N–H and O–H groups in total. The number of aliphatic carboxylic acids is 1. The van der Waals surface area contributed by atoms with Gasteiger partial charge >= 0.3 is 5.97 Å². The minimum absolute atomic E-state index is 0.678. The van der Waals surface area contributed by atoms with Crippen LogP contribution >= 0.6 is 12.6 Å². The van der Waals surface area contributed by atoms with Crippen molar-refractivity contribution >= 4 is 18.6 Å². The van der Waals surface area contributed by atoms with Gasteiger partial charge in [0.1, 0.15) is 4.75 Å². The summed E-state index contributed by atoms with van der Waals surface area (Å²) in [5.41, 5.74) is 0. The number of carbonyl (C=O) groups is 1. The molecule has 0 amide bonds. The maximum absolute atomic E-state index is 9.98. The Morgan fingerprint density at radius 2 is 2.14 bits per heavy atom. The van der Waals surface area contributed by atoms with Crippen molar-refractivity contribution in [2.75, 3.05) is 0 Å². The van der Waals surface area contributed by atoms with Crippen molar-refractivity contribution in [3.05, 3.63) is 0 Å². The summed E-state index contributed by atoms with van der Waals surface area (Å²) in [7, 11) is 0. The zero-order valence-corrected chi connectivity index (χ0v) is 4.49. The second-order valence-electron chi connectivity index (χ2n) is 1.80. The van der Waals surface area contributed by atoms with Gasteiger partial charge in [0, 0.05) is 0 Å². The van der Waals surface area contributed by atoms with Crippen LogP contribution in [-0.2, 0) is 4.79 Å². The molecular formula is C4H5O2S. The predicted molar refractivity (Wildman–Crippen MR) is 27.2 cm³/mol. The number of carboxylic acid groups (broad SMARTS) is 1. The second-order valence-corrected chi connectivity index (χ2v) is 2.58. The fourth-order valence-electron chi connectivity index (χ4n) is 0.327. The average molecular weight is 117 g/mol. The molecule has 1 aliphatic carbocycles. The highest BCUT2D eigenvalue weighted by atomic mass is 32.1. The average Bonchev–Trinajstić information content (AvgIpc) is 2.21. The highest BCUT2D eigenvalue weighted by Crippen LogP contribution is 2.41. The van der Waals surface area contributed by atoms with Crippen LogP contribution in [0.3, 0.4) is 0 Å². The van der Waals surface area contributed by atoms with Gasteiger partial charge in [-0.25, -0.2) is 0 Å². The lowest BCUT2D eigenvalue weighted by atomic mass is 10.4. The fourth-order valence-corrected chi connectivity index (χ4v) is 0.429. The van der Waals surface area contributed by atoms with Crippen LogP contribution in [0, 0.1) is 0 Å². The lowest BCUT2D eigenvalue weighted by Crippen LogP contribution is -2.13. The Balaban J connectivity index is 2.55. The molecule has 0 aromatic rings. The minimum atomic E-state index is -0.831. The van der Waals surface area contributed by atoms with E-state index >= 15 is 0 Å². The van der Waals surface area contributed by atoms with Crippen molar-refractivity contribution in [3.63, 3.8) is 0 Å². The zero-order valence-electron chi connectivity index (χ0n) is 3.68. The lowest BCUT2D eigenvalue weighted by molar-refractivity contribution is -0.137. The van der Waals surface area contributed by atoms with E-state index in [4.69, 9.17) is 5.11 Å². The Kier molecular flexibility index (Phi) is 0.819. The smallest absolute Gasteiger partial charge is 0.320 e. The van der Waals surface area contributed by atoms with Gasteiger partial charge in [0.05, 0.1) is 0 Å². The van der Waals surface area contributed by atoms with Crippen molar-refractivity contribution in [3.8, 4) is 0 Å². The van der Waals surface area contributed by atoms with Gasteiger partial charge in [-0.05, 0) is 12.8 Å². The van der Waals surface area contributed by atoms with Gasteiger partial charge in [-0.2, -0.15) is 0 Å². The summed E-state index contributed by atoms with van der Waals surface area (Å²) in [5.74, 6) is -0.831. The molecule has 1 fully saturated rings. The standard InChI is InChI=1S/C4H5O2S/c5-3(6)4(7)1-2-4/h1-2H2,(H,5,6). The van der Waals surface area contributed by atoms with Crippen molar-refractivity contribution in [1.29, 1.82) is 0 Å². The molecule has 0 spiro atoms. The highest BCUT2D eigenvalue weighted by Gasteiger charge is 2.47. The highest BCUT2D eigenvalue weighted by molar-refractivity contribution is 7.83. The van der Waals surface area contributed by atoms with E-state index in [9.17, 15) is 4.79 Å². The van der Waals surface area contributed by atoms with E-state index in [0.717, 1.165) is 0 Å². The summed E-state index contributed by atoms with van der Waals surface area (Å²) in [6.45, 7) is 0. The topological polar surface area (TPSA) is 37.3 Å². The molecule has 0 unspecified atom stereocenters. The van der Waals surface area contributed by atoms with Crippen LogP contribution in [0.1, 0.15) is 12.8 Å². The Labute approximate surface area is 46.9 Å². The molecule has 39 valence electrons. The molecule has 2 nitrogen and oxygen atoms in total. The fraction of sp³-hybridized carbons (Fsp3) is 0.750. The van der Waals surface area contributed by atoms with Gasteiger partial charge < -0.3 is 5.11 Å². The van der Waals surface area contributed by atoms with Crippen LogP contribution in [0.4, 0.5) is 0 Å². The molecule has 0 saturated heterocycles. The Hall–Kier alpha value is -0.180. The van der Waals surface area contributed by atoms with Crippen LogP contribution in [0.5, 0.6) is 0 Å². The van der Waals surface area contributed by atoms with Gasteiger partial charge in [0.25, 0.3) is 0 Å². The molecule has 0 heterocycles. The predicted octanol–water partition coefficient (Wildman–Crippen LogP) is 0.801. The van der Waals surface area contributed by atoms with Gasteiger partial charge in [0.15, 0.2) is 0 Å². The van der Waals surface area contributed by atoms with Gasteiger partial charge in [-0.1, -0.05) is 12.6 Å². The summed E-state index contributed by atoms with van der Waals surface area (Å²) in [6, 6.07) is 0. The summed E-state index contributed by atoms with van der Waals surface area (Å²) < 4.78 is -0.750. The molecule has 1 rings (SSSR count). The summed E-state index contributed by atoms with van der Waals surface area (Å²) >= 11 is 4.62. The molecule has 1 radical (unpaired) electrons. The first-order valence-electron chi connectivity index (χ1n) is 2.09. The lowest BCUT2D eigenvalue weighted by Gasteiger charge is -1.92. The van der Waals surface area contributed by atoms with E-state index in [1.54, 1.807) is 0 Å². The molecule has 0 atom stereocenters. The SMILES string of the molecule is O=C(O)C1([S])CC1. The zero-order chi connectivity index (χ0) is 5.49. The van der Waals surface area contributed by atoms with E-state index in [0.29, 0.717) is 12.8 Å². The van der Waals surface area contributed by atoms with Crippen LogP contribution in [0.15, 0.2) is 0 Å². The minimum Gasteiger partial charge on any atom is -0.480 e. The van der Waals surface area contributed by atoms with Crippen LogP contribution in [-0.4, -0.2) is 15.8 Å². The maximum Gasteiger partial charge on any atom is 0.320 e. The molecule has 3 heteroatoms. The molecule has 1 saturated carbocycles. The Morgan fingerprint density at radius 3 is 2.14 bits per heavy atom. The first-order valence-corrected chi connectivity index (χ1v) is 2.50. The molecule has 7 heavy (non-hydrogen) atoms. The van der Waals surface area contributed by atoms with Crippen molar-refractivity contribution in [2.24, 2.45) is 0 Å². The van der Waals surface area contributed by atoms with Crippen molar-refractivity contribution in [1.82, 2.24) is 0 Å². The third kappa shape index (κ3) is 0.725. The van der Waals surface area contributed by atoms with E-state index in [2.05, 4.69) is 12.6 Å². The van der Waals surface area contributed by atoms with E-state index < -0.39 is 10.7 Å². The quantitative estimate of drug-likeness (QED) is 0.551. The molecule has 0 bridgehead atoms. The molecular weight excluding hydrogens is 112 g/mol. The monoisotopic (exact) mass is 117 g/mol. The first kappa shape index (κ1) is 4.97. The van der Waals surface area contributed by atoms with Gasteiger partial charge in [-0.3, -0.25) is 4.79 Å². The summed E-state index contributed by atoms with van der Waals surface area (Å²) in [5, 5.41) is 8.21. The number of hydrogen-bond donors (Lipinski definition) is 1. The second kappa shape index (κ2) is 1.15. The number of hydrogen-bond acceptors (Lipinski definition) is 1. The molecule has 0 aromatic heterocycles. The Bertz CT molecular complexity index is 106. The van der Waals surface area contributed by atoms with Crippen LogP contribution < -0.4 is 0 Å². The molecule has 1 aliphatic rings. The third-order valence-corrected chi connectivity index (χ3v) is 1.68. The molecule has 0 aliphatic heterocycles. The number of carboxylic acids is 1. The Morgan fingerprint density at radius 1 is 1.71 bits per heavy atom. The van der Waals surface area contributed by atoms with Gasteiger partial charge in [-0.15, -0.1) is 0 Å². The van der Waals surface area contributed by atoms with E-state index in [1.807, 2.05) is 0 Å². The number of rotatable bonds is 1. The van der Waals surface area contributed by atoms with Crippen LogP contribution in [0.2, 0.25) is 0 Å². The normalized spacial score (nSPS) is 24.1. The summed E-state index contributed by atoms with van der Waals surface area (Å²) in [6.07, 6.45) is 1.36. The van der Waals surface area contributed by atoms with Crippen LogP contribution in [0.25, 0.3) is 0 Å². The maximum atomic E-state index is 9.98. The van der Waals surface area contributed by atoms with Gasteiger partial charge in [0.2, 0.25) is 0 Å². The van der Waals surface area contributed by atoms with Crippen molar-refractivity contribution < 1.29 is 9.90 Å². The summed E-state index contributed by atoms with van der Waals surface area (Å²) in [4.78, 5) is 9.98. The molecule has 0 aromatic carbocycles.